The summed E-state index contributed by atoms with van der Waals surface area (Å²) in [4.78, 5) is 36.0. The van der Waals surface area contributed by atoms with Crippen LogP contribution in [0.15, 0.2) is 32.9 Å². The Labute approximate surface area is 159 Å². The van der Waals surface area contributed by atoms with E-state index in [9.17, 15) is 14.4 Å². The van der Waals surface area contributed by atoms with Crippen molar-refractivity contribution in [2.24, 2.45) is 5.10 Å². The highest BCUT2D eigenvalue weighted by Gasteiger charge is 2.05. The fourth-order valence-corrected chi connectivity index (χ4v) is 2.18. The molecule has 27 heavy (non-hydrogen) atoms. The molecule has 0 aliphatic carbocycles. The molecule has 0 fully saturated rings. The molecule has 0 unspecified atom stereocenters. The number of benzene rings is 1. The van der Waals surface area contributed by atoms with E-state index in [0.29, 0.717) is 16.3 Å². The molecule has 2 rings (SSSR count). The number of nitrogens with one attached hydrogen (secondary N) is 4. The molecule has 0 aliphatic rings. The van der Waals surface area contributed by atoms with Crippen molar-refractivity contribution in [3.05, 3.63) is 49.6 Å². The summed E-state index contributed by atoms with van der Waals surface area (Å²) in [5.41, 5.74) is 1.68. The number of aromatic nitrogens is 3. The lowest BCUT2D eigenvalue weighted by atomic mass is 10.2. The maximum Gasteiger partial charge on any atom is 0.342 e. The number of ether oxygens (including phenoxy) is 1. The average molecular weight is 395 g/mol. The van der Waals surface area contributed by atoms with Gasteiger partial charge < -0.3 is 10.1 Å². The van der Waals surface area contributed by atoms with Crippen molar-refractivity contribution >= 4 is 29.5 Å². The van der Waals surface area contributed by atoms with Gasteiger partial charge in [-0.2, -0.15) is 5.10 Å². The van der Waals surface area contributed by atoms with E-state index in [2.05, 4.69) is 26.0 Å². The molecule has 1 heterocycles. The van der Waals surface area contributed by atoms with Gasteiger partial charge in [0.2, 0.25) is 11.7 Å². The average Bonchev–Trinajstić information content (AvgIpc) is 2.59. The van der Waals surface area contributed by atoms with Crippen molar-refractivity contribution in [2.75, 3.05) is 11.9 Å². The lowest BCUT2D eigenvalue weighted by molar-refractivity contribution is -0.120. The van der Waals surface area contributed by atoms with E-state index in [1.807, 2.05) is 18.8 Å². The van der Waals surface area contributed by atoms with Gasteiger partial charge in [0.05, 0.1) is 17.3 Å². The highest BCUT2D eigenvalue weighted by atomic mass is 35.5. The standard InChI is InChI=1S/C16H19ClN6O4/c1-9(2)27-12-4-3-10(7-11(12)17)8-19-21-13(24)5-6-18-14-15(25)20-16(26)23-22-14/h3-4,7-9H,5-6H2,1-2H3,(H,18,22)(H,21,24)(H2,20,23,25,26)/b19-8+. The summed E-state index contributed by atoms with van der Waals surface area (Å²) >= 11 is 6.13. The van der Waals surface area contributed by atoms with Crippen LogP contribution >= 0.6 is 11.6 Å². The van der Waals surface area contributed by atoms with Gasteiger partial charge in [-0.1, -0.05) is 11.6 Å². The van der Waals surface area contributed by atoms with Crippen LogP contribution in [0, 0.1) is 0 Å². The van der Waals surface area contributed by atoms with E-state index < -0.39 is 11.2 Å². The van der Waals surface area contributed by atoms with Crippen molar-refractivity contribution in [2.45, 2.75) is 26.4 Å². The van der Waals surface area contributed by atoms with Crippen molar-refractivity contribution < 1.29 is 9.53 Å². The molecule has 10 nitrogen and oxygen atoms in total. The highest BCUT2D eigenvalue weighted by Crippen LogP contribution is 2.25. The Hall–Kier alpha value is -3.14. The van der Waals surface area contributed by atoms with Gasteiger partial charge in [0.1, 0.15) is 5.75 Å². The number of rotatable bonds is 8. The normalized spacial score (nSPS) is 11.0. The van der Waals surface area contributed by atoms with Crippen LogP contribution in [0.5, 0.6) is 5.75 Å². The fraction of sp³-hybridized carbons (Fsp3) is 0.312. The van der Waals surface area contributed by atoms with E-state index in [0.717, 1.165) is 0 Å². The molecule has 0 saturated carbocycles. The van der Waals surface area contributed by atoms with Crippen molar-refractivity contribution in [1.82, 2.24) is 20.6 Å². The predicted octanol–water partition coefficient (Wildman–Crippen LogP) is 0.851. The maximum absolute atomic E-state index is 11.7. The molecule has 1 aromatic heterocycles. The zero-order valence-corrected chi connectivity index (χ0v) is 15.5. The van der Waals surface area contributed by atoms with Crippen LogP contribution < -0.4 is 26.7 Å². The summed E-state index contributed by atoms with van der Waals surface area (Å²) < 4.78 is 5.54. The van der Waals surface area contributed by atoms with E-state index >= 15 is 0 Å². The minimum Gasteiger partial charge on any atom is -0.489 e. The second-order valence-electron chi connectivity index (χ2n) is 5.68. The first-order valence-electron chi connectivity index (χ1n) is 8.06. The number of carbonyl (C=O) groups is 1. The third-order valence-electron chi connectivity index (χ3n) is 3.08. The Morgan fingerprint density at radius 3 is 2.85 bits per heavy atom. The minimum atomic E-state index is -0.707. The topological polar surface area (TPSA) is 141 Å². The van der Waals surface area contributed by atoms with Crippen molar-refractivity contribution in [3.8, 4) is 5.75 Å². The molecule has 0 bridgehead atoms. The number of nitrogens with zero attached hydrogens (tertiary/aromatic N) is 2. The summed E-state index contributed by atoms with van der Waals surface area (Å²) in [6.45, 7) is 3.94. The summed E-state index contributed by atoms with van der Waals surface area (Å²) in [6.07, 6.45) is 1.50. The quantitative estimate of drug-likeness (QED) is 0.386. The summed E-state index contributed by atoms with van der Waals surface area (Å²) in [5.74, 6) is 0.125. The molecular weight excluding hydrogens is 376 g/mol. The van der Waals surface area contributed by atoms with Crippen LogP contribution in [0.3, 0.4) is 0 Å². The largest absolute Gasteiger partial charge is 0.489 e. The third-order valence-corrected chi connectivity index (χ3v) is 3.37. The van der Waals surface area contributed by atoms with Crippen molar-refractivity contribution in [1.29, 1.82) is 0 Å². The van der Waals surface area contributed by atoms with Gasteiger partial charge >= 0.3 is 5.69 Å². The number of amides is 1. The van der Waals surface area contributed by atoms with Gasteiger partial charge in [-0.15, -0.1) is 5.10 Å². The monoisotopic (exact) mass is 394 g/mol. The van der Waals surface area contributed by atoms with Crippen LogP contribution in [0.25, 0.3) is 0 Å². The van der Waals surface area contributed by atoms with Crippen LogP contribution in [0.1, 0.15) is 25.8 Å². The van der Waals surface area contributed by atoms with Gasteiger partial charge in [0, 0.05) is 13.0 Å². The number of anilines is 1. The van der Waals surface area contributed by atoms with Gasteiger partial charge in [-0.05, 0) is 37.6 Å². The number of hydrogen-bond acceptors (Lipinski definition) is 7. The zero-order valence-electron chi connectivity index (χ0n) is 14.7. The lowest BCUT2D eigenvalue weighted by Gasteiger charge is -2.11. The van der Waals surface area contributed by atoms with Crippen LogP contribution in [0.4, 0.5) is 5.82 Å². The number of aromatic amines is 2. The maximum atomic E-state index is 11.7. The Balaban J connectivity index is 1.80. The first kappa shape index (κ1) is 20.2. The SMILES string of the molecule is CC(C)Oc1ccc(/C=N/NC(=O)CCNc2n[nH]c(=O)[nH]c2=O)cc1Cl. The van der Waals surface area contributed by atoms with E-state index in [1.165, 1.54) is 6.21 Å². The van der Waals surface area contributed by atoms with Crippen molar-refractivity contribution in [3.63, 3.8) is 0 Å². The minimum absolute atomic E-state index is 0.0110. The molecule has 4 N–H and O–H groups in total. The summed E-state index contributed by atoms with van der Waals surface area (Å²) in [5, 5.41) is 12.5. The predicted molar refractivity (Wildman–Crippen MR) is 102 cm³/mol. The molecule has 144 valence electrons. The number of H-pyrrole nitrogens is 2. The van der Waals surface area contributed by atoms with Gasteiger partial charge in [-0.25, -0.2) is 15.3 Å². The number of hydrazone groups is 1. The van der Waals surface area contributed by atoms with Gasteiger partial charge in [0.15, 0.2) is 0 Å². The number of halogens is 1. The first-order valence-corrected chi connectivity index (χ1v) is 8.44. The molecule has 0 spiro atoms. The smallest absolute Gasteiger partial charge is 0.342 e. The Morgan fingerprint density at radius 1 is 1.41 bits per heavy atom. The van der Waals surface area contributed by atoms with E-state index in [1.54, 1.807) is 18.2 Å². The summed E-state index contributed by atoms with van der Waals surface area (Å²) in [7, 11) is 0. The molecule has 0 atom stereocenters. The van der Waals surface area contributed by atoms with Crippen LogP contribution in [0.2, 0.25) is 5.02 Å². The highest BCUT2D eigenvalue weighted by molar-refractivity contribution is 6.32. The number of carbonyl (C=O) groups excluding carboxylic acids is 1. The molecule has 1 amide bonds. The second kappa shape index (κ2) is 9.53. The fourth-order valence-electron chi connectivity index (χ4n) is 1.94. The van der Waals surface area contributed by atoms with E-state index in [-0.39, 0.29) is 30.8 Å². The van der Waals surface area contributed by atoms with E-state index in [4.69, 9.17) is 16.3 Å². The Kier molecular flexibility index (Phi) is 7.12. The third kappa shape index (κ3) is 6.59. The number of hydrogen-bond donors (Lipinski definition) is 4. The molecule has 2 aromatic rings. The summed E-state index contributed by atoms with van der Waals surface area (Å²) in [6, 6.07) is 5.16. The molecule has 0 saturated heterocycles. The molecule has 1 aromatic carbocycles. The first-order chi connectivity index (χ1) is 12.8. The Bertz CT molecular complexity index is 937. The van der Waals surface area contributed by atoms with Crippen LogP contribution in [-0.4, -0.2) is 40.0 Å². The molecule has 0 aliphatic heterocycles. The lowest BCUT2D eigenvalue weighted by Crippen LogP contribution is -2.28. The van der Waals surface area contributed by atoms with Gasteiger partial charge in [0.25, 0.3) is 5.56 Å². The zero-order chi connectivity index (χ0) is 19.8. The molecule has 0 radical (unpaired) electrons. The Morgan fingerprint density at radius 2 is 2.19 bits per heavy atom. The molecule has 11 heteroatoms. The van der Waals surface area contributed by atoms with Gasteiger partial charge in [-0.3, -0.25) is 14.6 Å². The molecular formula is C16H19ClN6O4. The van der Waals surface area contributed by atoms with Crippen LogP contribution in [-0.2, 0) is 4.79 Å². The second-order valence-corrected chi connectivity index (χ2v) is 6.09.